The van der Waals surface area contributed by atoms with Crippen molar-refractivity contribution in [2.45, 2.75) is 33.6 Å². The van der Waals surface area contributed by atoms with Crippen LogP contribution in [-0.4, -0.2) is 0 Å². The Kier molecular flexibility index (Phi) is 3.55. The van der Waals surface area contributed by atoms with Crippen LogP contribution < -0.4 is 0 Å². The SMILES string of the molecule is CC.CC(C)c1ccc2ccc3cccc4ccc1c2c34. The van der Waals surface area contributed by atoms with Crippen molar-refractivity contribution in [1.82, 2.24) is 0 Å². The molecule has 0 atom stereocenters. The van der Waals surface area contributed by atoms with Gasteiger partial charge >= 0.3 is 0 Å². The predicted octanol–water partition coefficient (Wildman–Crippen LogP) is 6.73. The fourth-order valence-corrected chi connectivity index (χ4v) is 3.26. The van der Waals surface area contributed by atoms with Gasteiger partial charge in [0.05, 0.1) is 0 Å². The summed E-state index contributed by atoms with van der Waals surface area (Å²) in [5.74, 6) is 0.560. The van der Waals surface area contributed by atoms with E-state index in [0.29, 0.717) is 5.92 Å². The van der Waals surface area contributed by atoms with E-state index in [1.54, 1.807) is 0 Å². The summed E-state index contributed by atoms with van der Waals surface area (Å²) in [5, 5.41) is 8.30. The van der Waals surface area contributed by atoms with E-state index < -0.39 is 0 Å². The van der Waals surface area contributed by atoms with Gasteiger partial charge in [-0.3, -0.25) is 0 Å². The molecule has 0 spiro atoms. The summed E-state index contributed by atoms with van der Waals surface area (Å²) in [7, 11) is 0. The number of rotatable bonds is 1. The van der Waals surface area contributed by atoms with Gasteiger partial charge in [-0.15, -0.1) is 0 Å². The molecule has 4 aromatic carbocycles. The van der Waals surface area contributed by atoms with Crippen LogP contribution in [0.3, 0.4) is 0 Å². The van der Waals surface area contributed by atoms with Crippen molar-refractivity contribution >= 4 is 32.3 Å². The van der Waals surface area contributed by atoms with Crippen molar-refractivity contribution in [3.63, 3.8) is 0 Å². The lowest BCUT2D eigenvalue weighted by atomic mass is 9.89. The van der Waals surface area contributed by atoms with Gasteiger partial charge in [0.1, 0.15) is 0 Å². The fraction of sp³-hybridized carbons (Fsp3) is 0.238. The van der Waals surface area contributed by atoms with Crippen LogP contribution in [0.2, 0.25) is 0 Å². The van der Waals surface area contributed by atoms with E-state index in [2.05, 4.69) is 68.4 Å². The largest absolute Gasteiger partial charge is 0.0683 e. The zero-order chi connectivity index (χ0) is 15.0. The fourth-order valence-electron chi connectivity index (χ4n) is 3.26. The summed E-state index contributed by atoms with van der Waals surface area (Å²) in [5.41, 5.74) is 1.45. The van der Waals surface area contributed by atoms with Crippen LogP contribution in [0.4, 0.5) is 0 Å². The molecule has 0 aromatic heterocycles. The highest BCUT2D eigenvalue weighted by Crippen LogP contribution is 2.37. The van der Waals surface area contributed by atoms with Gasteiger partial charge in [-0.25, -0.2) is 0 Å². The first-order valence-electron chi connectivity index (χ1n) is 7.92. The van der Waals surface area contributed by atoms with Crippen molar-refractivity contribution in [3.05, 3.63) is 60.2 Å². The molecule has 0 radical (unpaired) electrons. The summed E-state index contributed by atoms with van der Waals surface area (Å²) in [6.07, 6.45) is 0. The summed E-state index contributed by atoms with van der Waals surface area (Å²) in [4.78, 5) is 0. The second-order valence-electron chi connectivity index (χ2n) is 5.67. The molecule has 0 aliphatic heterocycles. The van der Waals surface area contributed by atoms with Crippen molar-refractivity contribution in [1.29, 1.82) is 0 Å². The second-order valence-corrected chi connectivity index (χ2v) is 5.67. The van der Waals surface area contributed by atoms with Crippen LogP contribution >= 0.6 is 0 Å². The van der Waals surface area contributed by atoms with Gasteiger partial charge in [-0.2, -0.15) is 0 Å². The van der Waals surface area contributed by atoms with Gasteiger partial charge < -0.3 is 0 Å². The molecular formula is C21H22. The Bertz CT molecular complexity index is 868. The van der Waals surface area contributed by atoms with Crippen molar-refractivity contribution in [2.75, 3.05) is 0 Å². The van der Waals surface area contributed by atoms with Crippen LogP contribution in [0.1, 0.15) is 39.2 Å². The van der Waals surface area contributed by atoms with Gasteiger partial charge in [0, 0.05) is 0 Å². The Balaban J connectivity index is 0.000000636. The molecule has 0 aliphatic rings. The average Bonchev–Trinajstić information content (AvgIpc) is 2.54. The van der Waals surface area contributed by atoms with Crippen LogP contribution in [0, 0.1) is 0 Å². The molecule has 0 saturated heterocycles. The first-order chi connectivity index (χ1) is 10.3. The van der Waals surface area contributed by atoms with Gasteiger partial charge in [0.15, 0.2) is 0 Å². The van der Waals surface area contributed by atoms with Crippen molar-refractivity contribution < 1.29 is 0 Å². The third kappa shape index (κ3) is 2.06. The van der Waals surface area contributed by atoms with E-state index >= 15 is 0 Å². The monoisotopic (exact) mass is 274 g/mol. The molecule has 0 aliphatic carbocycles. The van der Waals surface area contributed by atoms with Crippen LogP contribution in [-0.2, 0) is 0 Å². The zero-order valence-corrected chi connectivity index (χ0v) is 13.3. The van der Waals surface area contributed by atoms with Crippen molar-refractivity contribution in [2.24, 2.45) is 0 Å². The highest BCUT2D eigenvalue weighted by Gasteiger charge is 2.11. The molecule has 0 unspecified atom stereocenters. The third-order valence-corrected chi connectivity index (χ3v) is 4.18. The molecule has 0 heteroatoms. The molecule has 4 rings (SSSR count). The van der Waals surface area contributed by atoms with Gasteiger partial charge in [0.2, 0.25) is 0 Å². The Morgan fingerprint density at radius 2 is 1.14 bits per heavy atom. The first kappa shape index (κ1) is 13.9. The topological polar surface area (TPSA) is 0 Å². The predicted molar refractivity (Wildman–Crippen MR) is 95.6 cm³/mol. The van der Waals surface area contributed by atoms with E-state index in [0.717, 1.165) is 0 Å². The molecular weight excluding hydrogens is 252 g/mol. The Morgan fingerprint density at radius 3 is 1.76 bits per heavy atom. The molecule has 0 bridgehead atoms. The molecule has 0 amide bonds. The van der Waals surface area contributed by atoms with Gasteiger partial charge in [0.25, 0.3) is 0 Å². The molecule has 0 heterocycles. The number of benzene rings is 4. The molecule has 106 valence electrons. The van der Waals surface area contributed by atoms with E-state index in [9.17, 15) is 0 Å². The molecule has 0 saturated carbocycles. The van der Waals surface area contributed by atoms with Crippen LogP contribution in [0.25, 0.3) is 32.3 Å². The maximum absolute atomic E-state index is 2.29. The third-order valence-electron chi connectivity index (χ3n) is 4.18. The minimum absolute atomic E-state index is 0.560. The maximum atomic E-state index is 2.29. The smallest absolute Gasteiger partial charge is 0.00239 e. The number of hydrogen-bond acceptors (Lipinski definition) is 0. The molecule has 0 N–H and O–H groups in total. The summed E-state index contributed by atoms with van der Waals surface area (Å²) in [6, 6.07) is 20.1. The van der Waals surface area contributed by atoms with E-state index in [1.165, 1.54) is 37.9 Å². The molecule has 4 aromatic rings. The normalized spacial score (nSPS) is 11.3. The van der Waals surface area contributed by atoms with Gasteiger partial charge in [-0.05, 0) is 43.8 Å². The zero-order valence-electron chi connectivity index (χ0n) is 13.3. The Morgan fingerprint density at radius 1 is 0.619 bits per heavy atom. The highest BCUT2D eigenvalue weighted by molar-refractivity contribution is 6.23. The van der Waals surface area contributed by atoms with Crippen molar-refractivity contribution in [3.8, 4) is 0 Å². The minimum Gasteiger partial charge on any atom is -0.0683 e. The van der Waals surface area contributed by atoms with E-state index in [-0.39, 0.29) is 0 Å². The maximum Gasteiger partial charge on any atom is -0.00239 e. The minimum atomic E-state index is 0.560. The molecule has 0 nitrogen and oxygen atoms in total. The first-order valence-corrected chi connectivity index (χ1v) is 7.92. The quantitative estimate of drug-likeness (QED) is 0.337. The standard InChI is InChI=1S/C19H16.C2H6/c1-12(2)16-10-8-15-7-6-13-4-3-5-14-9-11-17(16)19(15)18(13)14;1-2/h3-12H,1-2H3;1-2H3. The van der Waals surface area contributed by atoms with E-state index in [4.69, 9.17) is 0 Å². The summed E-state index contributed by atoms with van der Waals surface area (Å²) in [6.45, 7) is 8.54. The summed E-state index contributed by atoms with van der Waals surface area (Å²) >= 11 is 0. The number of hydrogen-bond donors (Lipinski definition) is 0. The lowest BCUT2D eigenvalue weighted by Gasteiger charge is -2.15. The van der Waals surface area contributed by atoms with Crippen LogP contribution in [0.15, 0.2) is 54.6 Å². The second kappa shape index (κ2) is 5.37. The highest BCUT2D eigenvalue weighted by atomic mass is 14.1. The lowest BCUT2D eigenvalue weighted by Crippen LogP contribution is -1.91. The average molecular weight is 274 g/mol. The Labute approximate surface area is 126 Å². The summed E-state index contributed by atoms with van der Waals surface area (Å²) < 4.78 is 0. The molecule has 21 heavy (non-hydrogen) atoms. The van der Waals surface area contributed by atoms with E-state index in [1.807, 2.05) is 13.8 Å². The molecule has 0 fully saturated rings. The van der Waals surface area contributed by atoms with Gasteiger partial charge in [-0.1, -0.05) is 82.3 Å². The van der Waals surface area contributed by atoms with Crippen LogP contribution in [0.5, 0.6) is 0 Å². The lowest BCUT2D eigenvalue weighted by molar-refractivity contribution is 0.877. The Hall–Kier alpha value is -2.08.